The molecule has 1 fully saturated rings. The van der Waals surface area contributed by atoms with E-state index in [0.717, 1.165) is 4.31 Å². The molecule has 1 saturated heterocycles. The number of benzene rings is 2. The van der Waals surface area contributed by atoms with E-state index in [2.05, 4.69) is 0 Å². The van der Waals surface area contributed by atoms with Gasteiger partial charge < -0.3 is 4.74 Å². The molecule has 10 heteroatoms. The van der Waals surface area contributed by atoms with Crippen LogP contribution in [0.2, 0.25) is 10.0 Å². The topological polar surface area (TPSA) is 80.8 Å². The second kappa shape index (κ2) is 7.01. The van der Waals surface area contributed by atoms with Crippen molar-refractivity contribution < 1.29 is 21.6 Å². The van der Waals surface area contributed by atoms with Gasteiger partial charge in [0, 0.05) is 23.1 Å². The Labute approximate surface area is 162 Å². The SMILES string of the molecule is COc1ccc(Cl)cc1S(=O)(=O)N1CC(S(=O)(=O)c2ccc(Cl)cc2)C1. The maximum atomic E-state index is 12.8. The van der Waals surface area contributed by atoms with Crippen LogP contribution in [-0.4, -0.2) is 46.6 Å². The van der Waals surface area contributed by atoms with Crippen molar-refractivity contribution in [2.24, 2.45) is 0 Å². The summed E-state index contributed by atoms with van der Waals surface area (Å²) in [4.78, 5) is 0.0270. The van der Waals surface area contributed by atoms with Crippen molar-refractivity contribution in [2.45, 2.75) is 15.0 Å². The molecular formula is C16H15Cl2NO5S2. The van der Waals surface area contributed by atoms with Crippen molar-refractivity contribution in [3.05, 3.63) is 52.5 Å². The summed E-state index contributed by atoms with van der Waals surface area (Å²) in [6.07, 6.45) is 0. The van der Waals surface area contributed by atoms with Crippen LogP contribution in [0.4, 0.5) is 0 Å². The monoisotopic (exact) mass is 435 g/mol. The quantitative estimate of drug-likeness (QED) is 0.720. The van der Waals surface area contributed by atoms with Gasteiger partial charge in [-0.25, -0.2) is 16.8 Å². The summed E-state index contributed by atoms with van der Waals surface area (Å²) < 4.78 is 56.9. The van der Waals surface area contributed by atoms with Gasteiger partial charge in [-0.15, -0.1) is 0 Å². The zero-order valence-electron chi connectivity index (χ0n) is 13.6. The molecule has 0 aliphatic carbocycles. The highest BCUT2D eigenvalue weighted by atomic mass is 35.5. The minimum absolute atomic E-state index is 0.0881. The highest BCUT2D eigenvalue weighted by Crippen LogP contribution is 2.34. The summed E-state index contributed by atoms with van der Waals surface area (Å²) in [5, 5.41) is -0.145. The number of ether oxygens (including phenoxy) is 1. The average molecular weight is 436 g/mol. The molecule has 6 nitrogen and oxygen atoms in total. The maximum absolute atomic E-state index is 12.8. The second-order valence-corrected chi connectivity index (χ2v) is 10.7. The summed E-state index contributed by atoms with van der Waals surface area (Å²) in [6, 6.07) is 10.1. The Morgan fingerprint density at radius 2 is 1.54 bits per heavy atom. The first kappa shape index (κ1) is 19.4. The number of hydrogen-bond acceptors (Lipinski definition) is 5. The van der Waals surface area contributed by atoms with Crippen molar-refractivity contribution in [3.8, 4) is 5.75 Å². The Morgan fingerprint density at radius 1 is 0.962 bits per heavy atom. The van der Waals surface area contributed by atoms with E-state index in [9.17, 15) is 16.8 Å². The Balaban J connectivity index is 1.83. The molecule has 2 aromatic carbocycles. The molecule has 0 unspecified atom stereocenters. The number of methoxy groups -OCH3 is 1. The highest BCUT2D eigenvalue weighted by molar-refractivity contribution is 7.92. The minimum Gasteiger partial charge on any atom is -0.495 e. The number of halogens is 2. The van der Waals surface area contributed by atoms with Crippen LogP contribution >= 0.6 is 23.2 Å². The van der Waals surface area contributed by atoms with Crippen LogP contribution in [-0.2, 0) is 19.9 Å². The van der Waals surface area contributed by atoms with Crippen LogP contribution in [0.5, 0.6) is 5.75 Å². The molecule has 0 amide bonds. The van der Waals surface area contributed by atoms with Crippen LogP contribution < -0.4 is 4.74 Å². The van der Waals surface area contributed by atoms with E-state index in [1.165, 1.54) is 49.6 Å². The third-order valence-electron chi connectivity index (χ3n) is 4.14. The number of hydrogen-bond donors (Lipinski definition) is 0. The zero-order chi connectivity index (χ0) is 19.1. The third kappa shape index (κ3) is 3.44. The lowest BCUT2D eigenvalue weighted by Gasteiger charge is -2.37. The highest BCUT2D eigenvalue weighted by Gasteiger charge is 2.45. The lowest BCUT2D eigenvalue weighted by molar-refractivity contribution is 0.307. The molecule has 0 spiro atoms. The van der Waals surface area contributed by atoms with Gasteiger partial charge in [0.1, 0.15) is 10.6 Å². The Kier molecular flexibility index (Phi) is 5.24. The molecule has 0 radical (unpaired) electrons. The van der Waals surface area contributed by atoms with Crippen molar-refractivity contribution in [2.75, 3.05) is 20.2 Å². The molecule has 3 rings (SSSR count). The van der Waals surface area contributed by atoms with Gasteiger partial charge in [0.25, 0.3) is 0 Å². The van der Waals surface area contributed by atoms with Gasteiger partial charge in [0.2, 0.25) is 10.0 Å². The van der Waals surface area contributed by atoms with Crippen LogP contribution in [0, 0.1) is 0 Å². The fourth-order valence-electron chi connectivity index (χ4n) is 2.60. The summed E-state index contributed by atoms with van der Waals surface area (Å²) in [5.74, 6) is 0.151. The van der Waals surface area contributed by atoms with E-state index in [1.807, 2.05) is 0 Å². The normalized spacial score (nSPS) is 16.3. The zero-order valence-corrected chi connectivity index (χ0v) is 16.7. The van der Waals surface area contributed by atoms with Crippen LogP contribution in [0.25, 0.3) is 0 Å². The summed E-state index contributed by atoms with van der Waals surface area (Å²) >= 11 is 11.7. The van der Waals surface area contributed by atoms with Gasteiger partial charge in [-0.3, -0.25) is 0 Å². The molecule has 0 saturated carbocycles. The second-order valence-electron chi connectivity index (χ2n) is 5.74. The Morgan fingerprint density at radius 3 is 2.12 bits per heavy atom. The van der Waals surface area contributed by atoms with E-state index < -0.39 is 25.1 Å². The molecule has 1 aliphatic heterocycles. The van der Waals surface area contributed by atoms with E-state index in [4.69, 9.17) is 27.9 Å². The summed E-state index contributed by atoms with van der Waals surface area (Å²) in [6.45, 7) is -0.272. The minimum atomic E-state index is -3.91. The molecule has 0 bridgehead atoms. The van der Waals surface area contributed by atoms with Crippen LogP contribution in [0.1, 0.15) is 0 Å². The third-order valence-corrected chi connectivity index (χ3v) is 8.58. The summed E-state index contributed by atoms with van der Waals surface area (Å²) in [7, 11) is -6.20. The lowest BCUT2D eigenvalue weighted by Crippen LogP contribution is -2.56. The predicted molar refractivity (Wildman–Crippen MR) is 99.2 cm³/mol. The van der Waals surface area contributed by atoms with Crippen molar-refractivity contribution in [1.82, 2.24) is 4.31 Å². The first-order chi connectivity index (χ1) is 12.2. The standard InChI is InChI=1S/C16H15Cl2NO5S2/c1-24-15-7-4-12(18)8-16(15)26(22,23)19-9-14(10-19)25(20,21)13-5-2-11(17)3-6-13/h2-8,14H,9-10H2,1H3. The summed E-state index contributed by atoms with van der Waals surface area (Å²) in [5.41, 5.74) is 0. The number of rotatable bonds is 5. The van der Waals surface area contributed by atoms with Crippen molar-refractivity contribution in [3.63, 3.8) is 0 Å². The fraction of sp³-hybridized carbons (Fsp3) is 0.250. The average Bonchev–Trinajstić information content (AvgIpc) is 2.53. The van der Waals surface area contributed by atoms with Crippen molar-refractivity contribution in [1.29, 1.82) is 0 Å². The van der Waals surface area contributed by atoms with Crippen LogP contribution in [0.3, 0.4) is 0 Å². The van der Waals surface area contributed by atoms with E-state index >= 15 is 0 Å². The molecule has 26 heavy (non-hydrogen) atoms. The molecule has 0 aromatic heterocycles. The molecule has 1 aliphatic rings. The van der Waals surface area contributed by atoms with Gasteiger partial charge in [0.15, 0.2) is 9.84 Å². The Bertz CT molecular complexity index is 1030. The molecule has 1 heterocycles. The Hall–Kier alpha value is -1.32. The largest absolute Gasteiger partial charge is 0.495 e. The maximum Gasteiger partial charge on any atom is 0.246 e. The van der Waals surface area contributed by atoms with E-state index in [0.29, 0.717) is 5.02 Å². The first-order valence-electron chi connectivity index (χ1n) is 7.49. The van der Waals surface area contributed by atoms with Gasteiger partial charge in [0.05, 0.1) is 17.3 Å². The van der Waals surface area contributed by atoms with Gasteiger partial charge in [-0.2, -0.15) is 4.31 Å². The van der Waals surface area contributed by atoms with Gasteiger partial charge in [-0.05, 0) is 42.5 Å². The molecule has 0 N–H and O–H groups in total. The fourth-order valence-corrected chi connectivity index (χ4v) is 6.52. The molecule has 2 aromatic rings. The van der Waals surface area contributed by atoms with Gasteiger partial charge in [-0.1, -0.05) is 23.2 Å². The van der Waals surface area contributed by atoms with Crippen LogP contribution in [0.15, 0.2) is 52.3 Å². The van der Waals surface area contributed by atoms with Gasteiger partial charge >= 0.3 is 0 Å². The molecule has 140 valence electrons. The number of sulfonamides is 1. The lowest BCUT2D eigenvalue weighted by atomic mass is 10.3. The molecule has 0 atom stereocenters. The smallest absolute Gasteiger partial charge is 0.246 e. The van der Waals surface area contributed by atoms with E-state index in [-0.39, 0.29) is 33.7 Å². The number of sulfone groups is 1. The van der Waals surface area contributed by atoms with E-state index in [1.54, 1.807) is 0 Å². The number of nitrogens with zero attached hydrogens (tertiary/aromatic N) is 1. The predicted octanol–water partition coefficient (Wildman–Crippen LogP) is 2.85. The van der Waals surface area contributed by atoms with Crippen molar-refractivity contribution >= 4 is 43.1 Å². The first-order valence-corrected chi connectivity index (χ1v) is 11.2. The molecular weight excluding hydrogens is 421 g/mol.